The summed E-state index contributed by atoms with van der Waals surface area (Å²) in [5.74, 6) is 0. The van der Waals surface area contributed by atoms with Gasteiger partial charge in [0.05, 0.1) is 6.33 Å². The maximum atomic E-state index is 4.02. The minimum Gasteiger partial charge on any atom is -0.336 e. The summed E-state index contributed by atoms with van der Waals surface area (Å²) in [6, 6.07) is 0. The Hall–Kier alpha value is -0.910. The first-order chi connectivity index (χ1) is 8.34. The minimum absolute atomic E-state index is 1.00. The van der Waals surface area contributed by atoms with Crippen molar-refractivity contribution in [3.05, 3.63) is 18.7 Å². The first-order valence-electron chi connectivity index (χ1n) is 6.42. The van der Waals surface area contributed by atoms with Gasteiger partial charge in [0.1, 0.15) is 0 Å². The maximum Gasteiger partial charge on any atom is 0.0946 e. The number of rotatable bonds is 6. The highest BCUT2D eigenvalue weighted by molar-refractivity contribution is 4.74. The van der Waals surface area contributed by atoms with Gasteiger partial charge in [-0.2, -0.15) is 0 Å². The van der Waals surface area contributed by atoms with Crippen LogP contribution in [-0.4, -0.2) is 72.2 Å². The molecule has 0 aliphatic carbocycles. The Kier molecular flexibility index (Phi) is 4.97. The van der Waals surface area contributed by atoms with Crippen LogP contribution in [0, 0.1) is 0 Å². The number of likely N-dealkylation sites (N-methyl/N-ethyl adjacent to an activating group) is 1. The highest BCUT2D eigenvalue weighted by Gasteiger charge is 2.12. The molecule has 96 valence electrons. The Bertz CT molecular complexity index is 290. The van der Waals surface area contributed by atoms with Gasteiger partial charge in [-0.25, -0.2) is 4.98 Å². The Balaban J connectivity index is 1.49. The van der Waals surface area contributed by atoms with Gasteiger partial charge in [-0.1, -0.05) is 0 Å². The molecule has 1 aliphatic rings. The summed E-state index contributed by atoms with van der Waals surface area (Å²) in [5.41, 5.74) is 0. The molecule has 0 amide bonds. The minimum atomic E-state index is 1.00. The molecule has 0 bridgehead atoms. The lowest BCUT2D eigenvalue weighted by Gasteiger charge is -2.32. The van der Waals surface area contributed by atoms with Gasteiger partial charge >= 0.3 is 0 Å². The number of piperazine rings is 1. The third-order valence-corrected chi connectivity index (χ3v) is 3.31. The molecule has 2 rings (SSSR count). The summed E-state index contributed by atoms with van der Waals surface area (Å²) in [6.45, 7) is 9.09. The average Bonchev–Trinajstić information content (AvgIpc) is 2.84. The third kappa shape index (κ3) is 4.46. The van der Waals surface area contributed by atoms with E-state index in [-0.39, 0.29) is 0 Å². The van der Waals surface area contributed by atoms with Crippen LogP contribution in [0.15, 0.2) is 18.7 Å². The van der Waals surface area contributed by atoms with Crippen LogP contribution in [0.5, 0.6) is 0 Å². The SMILES string of the molecule is CN1CCN(CCNCCn2ccnc2)CC1. The quantitative estimate of drug-likeness (QED) is 0.691. The summed E-state index contributed by atoms with van der Waals surface area (Å²) in [4.78, 5) is 8.95. The van der Waals surface area contributed by atoms with E-state index in [4.69, 9.17) is 0 Å². The first-order valence-corrected chi connectivity index (χ1v) is 6.42. The van der Waals surface area contributed by atoms with Crippen LogP contribution in [0.25, 0.3) is 0 Å². The van der Waals surface area contributed by atoms with E-state index in [9.17, 15) is 0 Å². The summed E-state index contributed by atoms with van der Waals surface area (Å²) in [5, 5.41) is 3.48. The number of nitrogens with zero attached hydrogens (tertiary/aromatic N) is 4. The van der Waals surface area contributed by atoms with Crippen molar-refractivity contribution in [1.29, 1.82) is 0 Å². The van der Waals surface area contributed by atoms with Gasteiger partial charge < -0.3 is 14.8 Å². The van der Waals surface area contributed by atoms with Crippen molar-refractivity contribution >= 4 is 0 Å². The highest BCUT2D eigenvalue weighted by atomic mass is 15.2. The Labute approximate surface area is 103 Å². The van der Waals surface area contributed by atoms with Crippen LogP contribution in [0.3, 0.4) is 0 Å². The fourth-order valence-electron chi connectivity index (χ4n) is 2.06. The predicted molar refractivity (Wildman–Crippen MR) is 69.0 cm³/mol. The standard InChI is InChI=1S/C12H23N5/c1-15-8-10-16(11-9-15)5-2-13-3-6-17-7-4-14-12-17/h4,7,12-13H,2-3,5-6,8-11H2,1H3. The summed E-state index contributed by atoms with van der Waals surface area (Å²) >= 11 is 0. The van der Waals surface area contributed by atoms with Gasteiger partial charge in [0.15, 0.2) is 0 Å². The van der Waals surface area contributed by atoms with E-state index in [1.54, 1.807) is 0 Å². The lowest BCUT2D eigenvalue weighted by atomic mass is 10.3. The summed E-state index contributed by atoms with van der Waals surface area (Å²) < 4.78 is 2.10. The van der Waals surface area contributed by atoms with Crippen LogP contribution >= 0.6 is 0 Å². The van der Waals surface area contributed by atoms with Crippen LogP contribution in [0.4, 0.5) is 0 Å². The molecule has 1 N–H and O–H groups in total. The second-order valence-corrected chi connectivity index (χ2v) is 4.70. The van der Waals surface area contributed by atoms with E-state index in [1.165, 1.54) is 26.2 Å². The smallest absolute Gasteiger partial charge is 0.0946 e. The van der Waals surface area contributed by atoms with Crippen LogP contribution in [0.2, 0.25) is 0 Å². The molecule has 2 heterocycles. The summed E-state index contributed by atoms with van der Waals surface area (Å²) in [7, 11) is 2.20. The van der Waals surface area contributed by atoms with Crippen molar-refractivity contribution < 1.29 is 0 Å². The Morgan fingerprint density at radius 3 is 2.59 bits per heavy atom. The fraction of sp³-hybridized carbons (Fsp3) is 0.750. The molecule has 1 aliphatic heterocycles. The molecule has 0 radical (unpaired) electrons. The molecule has 5 nitrogen and oxygen atoms in total. The van der Waals surface area contributed by atoms with E-state index in [0.717, 1.165) is 26.2 Å². The molecule has 0 aromatic carbocycles. The second kappa shape index (κ2) is 6.74. The zero-order valence-electron chi connectivity index (χ0n) is 10.7. The second-order valence-electron chi connectivity index (χ2n) is 4.70. The van der Waals surface area contributed by atoms with Gasteiger partial charge in [0.2, 0.25) is 0 Å². The molecule has 0 unspecified atom stereocenters. The number of hydrogen-bond donors (Lipinski definition) is 1. The monoisotopic (exact) mass is 237 g/mol. The number of imidazole rings is 1. The highest BCUT2D eigenvalue weighted by Crippen LogP contribution is 1.97. The van der Waals surface area contributed by atoms with Crippen LogP contribution in [0.1, 0.15) is 0 Å². The van der Waals surface area contributed by atoms with Gasteiger partial charge in [-0.05, 0) is 7.05 Å². The molecule has 1 aromatic rings. The molecule has 1 saturated heterocycles. The number of hydrogen-bond acceptors (Lipinski definition) is 4. The molecule has 0 spiro atoms. The first kappa shape index (κ1) is 12.5. The Morgan fingerprint density at radius 2 is 1.88 bits per heavy atom. The lowest BCUT2D eigenvalue weighted by molar-refractivity contribution is 0.155. The predicted octanol–water partition coefficient (Wildman–Crippen LogP) is -0.280. The molecule has 0 saturated carbocycles. The lowest BCUT2D eigenvalue weighted by Crippen LogP contribution is -2.46. The molecular weight excluding hydrogens is 214 g/mol. The normalized spacial score (nSPS) is 18.6. The van der Waals surface area contributed by atoms with Gasteiger partial charge in [-0.15, -0.1) is 0 Å². The molecule has 5 heteroatoms. The van der Waals surface area contributed by atoms with Crippen molar-refractivity contribution in [2.75, 3.05) is 52.9 Å². The molecule has 1 aromatic heterocycles. The fourth-order valence-corrected chi connectivity index (χ4v) is 2.06. The van der Waals surface area contributed by atoms with Gasteiger partial charge in [0.25, 0.3) is 0 Å². The van der Waals surface area contributed by atoms with Crippen LogP contribution < -0.4 is 5.32 Å². The van der Waals surface area contributed by atoms with Gasteiger partial charge in [-0.3, -0.25) is 4.90 Å². The molecule has 0 atom stereocenters. The maximum absolute atomic E-state index is 4.02. The topological polar surface area (TPSA) is 36.3 Å². The van der Waals surface area contributed by atoms with Crippen molar-refractivity contribution in [3.8, 4) is 0 Å². The summed E-state index contributed by atoms with van der Waals surface area (Å²) in [6.07, 6.45) is 5.69. The zero-order valence-corrected chi connectivity index (χ0v) is 10.7. The Morgan fingerprint density at radius 1 is 1.12 bits per heavy atom. The van der Waals surface area contributed by atoms with Crippen molar-refractivity contribution in [2.45, 2.75) is 6.54 Å². The van der Waals surface area contributed by atoms with Crippen LogP contribution in [-0.2, 0) is 6.54 Å². The van der Waals surface area contributed by atoms with E-state index >= 15 is 0 Å². The molecule has 17 heavy (non-hydrogen) atoms. The largest absolute Gasteiger partial charge is 0.336 e. The molecule has 1 fully saturated rings. The van der Waals surface area contributed by atoms with E-state index in [2.05, 4.69) is 31.7 Å². The van der Waals surface area contributed by atoms with E-state index in [0.29, 0.717) is 0 Å². The van der Waals surface area contributed by atoms with E-state index in [1.807, 2.05) is 18.7 Å². The molecular formula is C12H23N5. The van der Waals surface area contributed by atoms with Crippen molar-refractivity contribution in [2.24, 2.45) is 0 Å². The van der Waals surface area contributed by atoms with Crippen molar-refractivity contribution in [3.63, 3.8) is 0 Å². The average molecular weight is 237 g/mol. The van der Waals surface area contributed by atoms with E-state index < -0.39 is 0 Å². The zero-order chi connectivity index (χ0) is 11.9. The van der Waals surface area contributed by atoms with Gasteiger partial charge in [0, 0.05) is 64.8 Å². The third-order valence-electron chi connectivity index (χ3n) is 3.31. The number of aromatic nitrogens is 2. The van der Waals surface area contributed by atoms with Crippen molar-refractivity contribution in [1.82, 2.24) is 24.7 Å². The number of nitrogens with one attached hydrogen (secondary N) is 1.